The van der Waals surface area contributed by atoms with E-state index in [-0.39, 0.29) is 17.6 Å². The Balaban J connectivity index is 1.44. The van der Waals surface area contributed by atoms with Gasteiger partial charge in [-0.3, -0.25) is 9.59 Å². The minimum absolute atomic E-state index is 0.124. The SMILES string of the molecule is O=C(Nc1ccc(N2CCOCC2)c(F)c1)[C@@H]1CCCN1C(=O)c1cccs1. The summed E-state index contributed by atoms with van der Waals surface area (Å²) in [6, 6.07) is 7.77. The summed E-state index contributed by atoms with van der Waals surface area (Å²) in [7, 11) is 0. The number of nitrogens with one attached hydrogen (secondary N) is 1. The van der Waals surface area contributed by atoms with E-state index in [1.165, 1.54) is 17.4 Å². The van der Waals surface area contributed by atoms with Gasteiger partial charge in [-0.2, -0.15) is 0 Å². The Kier molecular flexibility index (Phi) is 5.59. The third kappa shape index (κ3) is 3.88. The van der Waals surface area contributed by atoms with Crippen LogP contribution in [0.1, 0.15) is 22.5 Å². The van der Waals surface area contributed by atoms with Gasteiger partial charge in [0.25, 0.3) is 5.91 Å². The number of benzene rings is 1. The molecule has 1 N–H and O–H groups in total. The summed E-state index contributed by atoms with van der Waals surface area (Å²) in [6.45, 7) is 3.00. The molecule has 1 aromatic carbocycles. The van der Waals surface area contributed by atoms with Crippen molar-refractivity contribution in [2.24, 2.45) is 0 Å². The maximum atomic E-state index is 14.6. The molecular formula is C20H22FN3O3S. The number of thiophene rings is 1. The van der Waals surface area contributed by atoms with Gasteiger partial charge >= 0.3 is 0 Å². The number of amides is 2. The molecule has 28 heavy (non-hydrogen) atoms. The molecule has 0 saturated carbocycles. The summed E-state index contributed by atoms with van der Waals surface area (Å²) in [4.78, 5) is 29.5. The molecule has 0 bridgehead atoms. The number of rotatable bonds is 4. The van der Waals surface area contributed by atoms with E-state index >= 15 is 0 Å². The molecule has 0 aliphatic carbocycles. The van der Waals surface area contributed by atoms with Crippen LogP contribution in [0.3, 0.4) is 0 Å². The van der Waals surface area contributed by atoms with Crippen molar-refractivity contribution in [1.82, 2.24) is 4.90 Å². The predicted octanol–water partition coefficient (Wildman–Crippen LogP) is 2.97. The third-order valence-electron chi connectivity index (χ3n) is 5.12. The lowest BCUT2D eigenvalue weighted by atomic mass is 10.2. The lowest BCUT2D eigenvalue weighted by Gasteiger charge is -2.29. The van der Waals surface area contributed by atoms with E-state index in [2.05, 4.69) is 5.32 Å². The molecule has 2 aromatic rings. The maximum absolute atomic E-state index is 14.6. The number of carbonyl (C=O) groups excluding carboxylic acids is 2. The lowest BCUT2D eigenvalue weighted by molar-refractivity contribution is -0.119. The Labute approximate surface area is 166 Å². The smallest absolute Gasteiger partial charge is 0.264 e. The zero-order chi connectivity index (χ0) is 19.5. The molecule has 0 spiro atoms. The number of morpholine rings is 1. The van der Waals surface area contributed by atoms with Gasteiger partial charge in [0.1, 0.15) is 11.9 Å². The number of halogens is 1. The minimum Gasteiger partial charge on any atom is -0.378 e. The second-order valence-corrected chi connectivity index (χ2v) is 7.84. The monoisotopic (exact) mass is 403 g/mol. The zero-order valence-electron chi connectivity index (χ0n) is 15.4. The van der Waals surface area contributed by atoms with Crippen molar-refractivity contribution in [1.29, 1.82) is 0 Å². The van der Waals surface area contributed by atoms with E-state index in [0.29, 0.717) is 55.5 Å². The van der Waals surface area contributed by atoms with Crippen LogP contribution in [0.15, 0.2) is 35.7 Å². The van der Waals surface area contributed by atoms with Crippen LogP contribution >= 0.6 is 11.3 Å². The van der Waals surface area contributed by atoms with E-state index in [9.17, 15) is 14.0 Å². The Hall–Kier alpha value is -2.45. The Morgan fingerprint density at radius 3 is 2.71 bits per heavy atom. The van der Waals surface area contributed by atoms with Gasteiger partial charge < -0.3 is 19.9 Å². The van der Waals surface area contributed by atoms with E-state index in [0.717, 1.165) is 6.42 Å². The molecule has 4 rings (SSSR count). The van der Waals surface area contributed by atoms with E-state index in [1.807, 2.05) is 16.3 Å². The maximum Gasteiger partial charge on any atom is 0.264 e. The van der Waals surface area contributed by atoms with E-state index < -0.39 is 6.04 Å². The normalized spacial score (nSPS) is 19.7. The number of nitrogens with zero attached hydrogens (tertiary/aromatic N) is 2. The van der Waals surface area contributed by atoms with Crippen molar-refractivity contribution in [3.8, 4) is 0 Å². The summed E-state index contributed by atoms with van der Waals surface area (Å²) in [5.41, 5.74) is 0.909. The fraction of sp³-hybridized carbons (Fsp3) is 0.400. The van der Waals surface area contributed by atoms with Crippen molar-refractivity contribution in [2.45, 2.75) is 18.9 Å². The number of likely N-dealkylation sites (tertiary alicyclic amines) is 1. The van der Waals surface area contributed by atoms with Gasteiger partial charge in [-0.15, -0.1) is 11.3 Å². The van der Waals surface area contributed by atoms with Crippen LogP contribution in [0.4, 0.5) is 15.8 Å². The predicted molar refractivity (Wildman–Crippen MR) is 106 cm³/mol. The Morgan fingerprint density at radius 2 is 2.00 bits per heavy atom. The largest absolute Gasteiger partial charge is 0.378 e. The molecule has 2 fully saturated rings. The first-order valence-corrected chi connectivity index (χ1v) is 10.3. The minimum atomic E-state index is -0.531. The molecule has 2 amide bonds. The van der Waals surface area contributed by atoms with Crippen LogP contribution in [-0.2, 0) is 9.53 Å². The van der Waals surface area contributed by atoms with Crippen molar-refractivity contribution < 1.29 is 18.7 Å². The topological polar surface area (TPSA) is 61.9 Å². The second kappa shape index (κ2) is 8.28. The van der Waals surface area contributed by atoms with Crippen LogP contribution in [0, 0.1) is 5.82 Å². The molecule has 0 unspecified atom stereocenters. The van der Waals surface area contributed by atoms with Crippen molar-refractivity contribution in [3.05, 3.63) is 46.4 Å². The summed E-state index contributed by atoms with van der Waals surface area (Å²) in [6.07, 6.45) is 1.39. The quantitative estimate of drug-likeness (QED) is 0.853. The summed E-state index contributed by atoms with van der Waals surface area (Å²) in [5, 5.41) is 4.62. The Morgan fingerprint density at radius 1 is 1.18 bits per heavy atom. The fourth-order valence-electron chi connectivity index (χ4n) is 3.70. The molecule has 0 radical (unpaired) electrons. The molecular weight excluding hydrogens is 381 g/mol. The first kappa shape index (κ1) is 18.9. The van der Waals surface area contributed by atoms with Crippen molar-refractivity contribution in [3.63, 3.8) is 0 Å². The summed E-state index contributed by atoms with van der Waals surface area (Å²) < 4.78 is 19.9. The average Bonchev–Trinajstić information content (AvgIpc) is 3.40. The van der Waals surface area contributed by atoms with Gasteiger partial charge in [0.15, 0.2) is 0 Å². The van der Waals surface area contributed by atoms with Gasteiger partial charge in [-0.25, -0.2) is 4.39 Å². The highest BCUT2D eigenvalue weighted by molar-refractivity contribution is 7.12. The highest BCUT2D eigenvalue weighted by Gasteiger charge is 2.35. The number of hydrogen-bond donors (Lipinski definition) is 1. The molecule has 2 aliphatic heterocycles. The molecule has 3 heterocycles. The molecule has 2 aliphatic rings. The number of hydrogen-bond acceptors (Lipinski definition) is 5. The average molecular weight is 403 g/mol. The van der Waals surface area contributed by atoms with Gasteiger partial charge in [0.05, 0.1) is 23.8 Å². The molecule has 2 saturated heterocycles. The highest BCUT2D eigenvalue weighted by Crippen LogP contribution is 2.26. The summed E-state index contributed by atoms with van der Waals surface area (Å²) >= 11 is 1.37. The summed E-state index contributed by atoms with van der Waals surface area (Å²) in [5.74, 6) is -0.778. The van der Waals surface area contributed by atoms with Gasteiger partial charge in [-0.1, -0.05) is 6.07 Å². The van der Waals surface area contributed by atoms with Gasteiger partial charge in [0.2, 0.25) is 5.91 Å². The van der Waals surface area contributed by atoms with Crippen molar-refractivity contribution in [2.75, 3.05) is 43.1 Å². The second-order valence-electron chi connectivity index (χ2n) is 6.89. The van der Waals surface area contributed by atoms with Gasteiger partial charge in [0, 0.05) is 25.3 Å². The van der Waals surface area contributed by atoms with Crippen LogP contribution in [-0.4, -0.2) is 55.6 Å². The van der Waals surface area contributed by atoms with E-state index in [1.54, 1.807) is 23.1 Å². The molecule has 8 heteroatoms. The van der Waals surface area contributed by atoms with Crippen LogP contribution in [0.5, 0.6) is 0 Å². The third-order valence-corrected chi connectivity index (χ3v) is 5.97. The standard InChI is InChI=1S/C20H22FN3O3S/c21-15-13-14(5-6-16(15)23-8-10-27-11-9-23)22-19(25)17-3-1-7-24(17)20(26)18-4-2-12-28-18/h2,4-6,12-13,17H,1,3,7-11H2,(H,22,25)/t17-/m0/s1. The first-order valence-electron chi connectivity index (χ1n) is 9.41. The molecule has 148 valence electrons. The van der Waals surface area contributed by atoms with E-state index in [4.69, 9.17) is 4.74 Å². The number of carbonyl (C=O) groups is 2. The first-order chi connectivity index (χ1) is 13.6. The molecule has 6 nitrogen and oxygen atoms in total. The number of ether oxygens (including phenoxy) is 1. The molecule has 1 aromatic heterocycles. The van der Waals surface area contributed by atoms with Crippen LogP contribution in [0.25, 0.3) is 0 Å². The van der Waals surface area contributed by atoms with Crippen LogP contribution < -0.4 is 10.2 Å². The Bertz CT molecular complexity index is 852. The fourth-order valence-corrected chi connectivity index (χ4v) is 4.37. The molecule has 1 atom stereocenters. The van der Waals surface area contributed by atoms with Crippen LogP contribution in [0.2, 0.25) is 0 Å². The highest BCUT2D eigenvalue weighted by atomic mass is 32.1. The van der Waals surface area contributed by atoms with Gasteiger partial charge in [-0.05, 0) is 42.5 Å². The lowest BCUT2D eigenvalue weighted by Crippen LogP contribution is -2.43. The zero-order valence-corrected chi connectivity index (χ0v) is 16.2. The van der Waals surface area contributed by atoms with Crippen molar-refractivity contribution >= 4 is 34.5 Å². The number of anilines is 2.